The van der Waals surface area contributed by atoms with Gasteiger partial charge in [-0.25, -0.2) is 0 Å². The average molecular weight is 489 g/mol. The number of allylic oxidation sites excluding steroid dienone is 3. The summed E-state index contributed by atoms with van der Waals surface area (Å²) in [5, 5.41) is 31.2. The van der Waals surface area contributed by atoms with Gasteiger partial charge in [-0.1, -0.05) is 57.9 Å². The third-order valence-electron chi connectivity index (χ3n) is 9.47. The quantitative estimate of drug-likeness (QED) is 0.285. The van der Waals surface area contributed by atoms with E-state index in [9.17, 15) is 15.3 Å². The molecule has 0 radical (unpaired) electrons. The van der Waals surface area contributed by atoms with Gasteiger partial charge in [-0.3, -0.25) is 0 Å². The lowest BCUT2D eigenvalue weighted by Gasteiger charge is -2.44. The van der Waals surface area contributed by atoms with E-state index in [1.54, 1.807) is 0 Å². The fourth-order valence-electron chi connectivity index (χ4n) is 7.61. The van der Waals surface area contributed by atoms with Crippen molar-refractivity contribution >= 4 is 0 Å². The van der Waals surface area contributed by atoms with E-state index in [2.05, 4.69) is 46.4 Å². The molecular formula is C31H52O4. The van der Waals surface area contributed by atoms with Crippen LogP contribution in [0.4, 0.5) is 0 Å². The van der Waals surface area contributed by atoms with Crippen molar-refractivity contribution in [2.75, 3.05) is 6.61 Å². The summed E-state index contributed by atoms with van der Waals surface area (Å²) in [5.74, 6) is 1.14. The average Bonchev–Trinajstić information content (AvgIpc) is 3.16. The normalized spacial score (nSPS) is 35.0. The first-order chi connectivity index (χ1) is 16.6. The van der Waals surface area contributed by atoms with E-state index in [-0.39, 0.29) is 11.5 Å². The molecule has 0 heterocycles. The molecule has 0 aliphatic heterocycles. The van der Waals surface area contributed by atoms with E-state index in [4.69, 9.17) is 4.74 Å². The molecular weight excluding hydrogens is 436 g/mol. The Hall–Kier alpha value is -0.940. The van der Waals surface area contributed by atoms with Crippen LogP contribution >= 0.6 is 0 Å². The first kappa shape index (κ1) is 28.6. The molecule has 3 saturated carbocycles. The zero-order valence-corrected chi connectivity index (χ0v) is 22.9. The molecule has 4 heteroatoms. The van der Waals surface area contributed by atoms with Gasteiger partial charge in [-0.2, -0.15) is 0 Å². The van der Waals surface area contributed by atoms with Gasteiger partial charge in [0.15, 0.2) is 0 Å². The highest BCUT2D eigenvalue weighted by Gasteiger charge is 2.51. The van der Waals surface area contributed by atoms with Gasteiger partial charge >= 0.3 is 0 Å². The smallest absolute Gasteiger partial charge is 0.0811 e. The standard InChI is InChI=1S/C31H52O4/c1-6-15-31(34,16-7-2)18-9-19-35-23(4)27-13-14-28-24(10-8-17-30(27,28)5)11-12-25-20-26(32)21-29(33)22(25)3/h11-12,23,26-29,32-34H,3,6-10,13-21H2,1-2,4-5H3/b24-11+,25-12-/t23-,26-,27-,28+,29+,30-/m1/s1. The van der Waals surface area contributed by atoms with Crippen LogP contribution < -0.4 is 0 Å². The Kier molecular flexibility index (Phi) is 10.3. The van der Waals surface area contributed by atoms with Gasteiger partial charge in [0.1, 0.15) is 0 Å². The highest BCUT2D eigenvalue weighted by molar-refractivity contribution is 5.38. The maximum absolute atomic E-state index is 10.9. The summed E-state index contributed by atoms with van der Waals surface area (Å²) in [4.78, 5) is 0. The zero-order valence-electron chi connectivity index (χ0n) is 22.9. The predicted molar refractivity (Wildman–Crippen MR) is 144 cm³/mol. The Bertz CT molecular complexity index is 762. The van der Waals surface area contributed by atoms with Crippen molar-refractivity contribution in [2.24, 2.45) is 17.3 Å². The predicted octanol–water partition coefficient (Wildman–Crippen LogP) is 6.64. The Morgan fingerprint density at radius 3 is 2.54 bits per heavy atom. The molecule has 0 aromatic heterocycles. The van der Waals surface area contributed by atoms with Crippen LogP contribution in [-0.2, 0) is 4.74 Å². The van der Waals surface area contributed by atoms with Crippen LogP contribution in [0, 0.1) is 17.3 Å². The molecule has 0 bridgehead atoms. The van der Waals surface area contributed by atoms with E-state index in [0.717, 1.165) is 62.7 Å². The van der Waals surface area contributed by atoms with Gasteiger partial charge in [0.2, 0.25) is 0 Å². The maximum atomic E-state index is 10.9. The lowest BCUT2D eigenvalue weighted by Crippen LogP contribution is -2.39. The molecule has 200 valence electrons. The minimum atomic E-state index is -0.631. The molecule has 3 fully saturated rings. The molecule has 6 atom stereocenters. The summed E-state index contributed by atoms with van der Waals surface area (Å²) >= 11 is 0. The van der Waals surface area contributed by atoms with Gasteiger partial charge in [-0.05, 0) is 99.5 Å². The van der Waals surface area contributed by atoms with Gasteiger partial charge in [-0.15, -0.1) is 0 Å². The summed E-state index contributed by atoms with van der Waals surface area (Å²) in [5.41, 5.74) is 3.02. The molecule has 0 unspecified atom stereocenters. The number of hydrogen-bond donors (Lipinski definition) is 3. The number of rotatable bonds is 11. The van der Waals surface area contributed by atoms with Crippen molar-refractivity contribution in [2.45, 2.75) is 135 Å². The molecule has 3 aliphatic carbocycles. The summed E-state index contributed by atoms with van der Waals surface area (Å²) in [6, 6.07) is 0. The number of aliphatic hydroxyl groups is 3. The van der Waals surface area contributed by atoms with Gasteiger partial charge in [0.25, 0.3) is 0 Å². The summed E-state index contributed by atoms with van der Waals surface area (Å²) < 4.78 is 6.41. The van der Waals surface area contributed by atoms with Crippen LogP contribution in [-0.4, -0.2) is 45.8 Å². The number of fused-ring (bicyclic) bond motifs is 1. The van der Waals surface area contributed by atoms with Crippen molar-refractivity contribution in [3.63, 3.8) is 0 Å². The van der Waals surface area contributed by atoms with Crippen molar-refractivity contribution in [1.82, 2.24) is 0 Å². The second-order valence-corrected chi connectivity index (χ2v) is 12.1. The largest absolute Gasteiger partial charge is 0.393 e. The second-order valence-electron chi connectivity index (χ2n) is 12.1. The molecule has 0 amide bonds. The van der Waals surface area contributed by atoms with Crippen LogP contribution in [0.25, 0.3) is 0 Å². The van der Waals surface area contributed by atoms with E-state index in [1.165, 1.54) is 31.3 Å². The molecule has 3 aliphatic rings. The summed E-state index contributed by atoms with van der Waals surface area (Å²) in [7, 11) is 0. The van der Waals surface area contributed by atoms with Crippen LogP contribution in [0.3, 0.4) is 0 Å². The third kappa shape index (κ3) is 6.89. The van der Waals surface area contributed by atoms with Crippen molar-refractivity contribution in [1.29, 1.82) is 0 Å². The highest BCUT2D eigenvalue weighted by atomic mass is 16.5. The molecule has 0 spiro atoms. The fourth-order valence-corrected chi connectivity index (χ4v) is 7.61. The maximum Gasteiger partial charge on any atom is 0.0811 e. The lowest BCUT2D eigenvalue weighted by molar-refractivity contribution is -0.0384. The van der Waals surface area contributed by atoms with Crippen LogP contribution in [0.15, 0.2) is 35.5 Å². The molecule has 0 saturated heterocycles. The Balaban J connectivity index is 1.60. The van der Waals surface area contributed by atoms with Crippen LogP contribution in [0.1, 0.15) is 111 Å². The van der Waals surface area contributed by atoms with E-state index in [0.29, 0.717) is 24.7 Å². The first-order valence-corrected chi connectivity index (χ1v) is 14.4. The van der Waals surface area contributed by atoms with Gasteiger partial charge in [0.05, 0.1) is 23.9 Å². The summed E-state index contributed by atoms with van der Waals surface area (Å²) in [6.45, 7) is 13.8. The van der Waals surface area contributed by atoms with Crippen molar-refractivity contribution in [3.05, 3.63) is 35.5 Å². The first-order valence-electron chi connectivity index (χ1n) is 14.4. The Morgan fingerprint density at radius 1 is 1.14 bits per heavy atom. The monoisotopic (exact) mass is 488 g/mol. The molecule has 35 heavy (non-hydrogen) atoms. The molecule has 3 rings (SSSR count). The summed E-state index contributed by atoms with van der Waals surface area (Å²) in [6.07, 6.45) is 16.1. The van der Waals surface area contributed by atoms with E-state index < -0.39 is 17.8 Å². The topological polar surface area (TPSA) is 69.9 Å². The van der Waals surface area contributed by atoms with Crippen LogP contribution in [0.2, 0.25) is 0 Å². The van der Waals surface area contributed by atoms with E-state index in [1.807, 2.05) is 0 Å². The third-order valence-corrected chi connectivity index (χ3v) is 9.47. The van der Waals surface area contributed by atoms with E-state index >= 15 is 0 Å². The number of aliphatic hydroxyl groups excluding tert-OH is 2. The molecule has 0 aromatic rings. The molecule has 4 nitrogen and oxygen atoms in total. The Labute approximate surface area is 214 Å². The Morgan fingerprint density at radius 2 is 1.86 bits per heavy atom. The van der Waals surface area contributed by atoms with Crippen LogP contribution in [0.5, 0.6) is 0 Å². The lowest BCUT2D eigenvalue weighted by atomic mass is 9.62. The van der Waals surface area contributed by atoms with Gasteiger partial charge < -0.3 is 20.1 Å². The number of ether oxygens (including phenoxy) is 1. The van der Waals surface area contributed by atoms with Gasteiger partial charge in [0, 0.05) is 13.0 Å². The molecule has 3 N–H and O–H groups in total. The fraction of sp³-hybridized carbons (Fsp3) is 0.806. The zero-order chi connectivity index (χ0) is 25.6. The minimum absolute atomic E-state index is 0.233. The SMILES string of the molecule is C=C1/C(=C\C=C2/CCC[C@]3(C)[C@@H]([C@@H](C)OCCCC(O)(CCC)CCC)CC[C@@H]23)C[C@@H](O)C[C@@H]1O. The second kappa shape index (κ2) is 12.5. The van der Waals surface area contributed by atoms with Crippen molar-refractivity contribution in [3.8, 4) is 0 Å². The highest BCUT2D eigenvalue weighted by Crippen LogP contribution is 2.58. The minimum Gasteiger partial charge on any atom is -0.393 e. The number of hydrogen-bond acceptors (Lipinski definition) is 4. The van der Waals surface area contributed by atoms with Crippen molar-refractivity contribution < 1.29 is 20.1 Å². The molecule has 0 aromatic carbocycles.